The third kappa shape index (κ3) is 1.95. The number of rotatable bonds is 2. The maximum atomic E-state index is 10.9. The van der Waals surface area contributed by atoms with Gasteiger partial charge in [0.25, 0.3) is 0 Å². The predicted octanol–water partition coefficient (Wildman–Crippen LogP) is 1.14. The molecule has 2 aromatic rings. The van der Waals surface area contributed by atoms with Crippen LogP contribution in [0.3, 0.4) is 0 Å². The molecule has 0 aliphatic heterocycles. The molecule has 1 unspecified atom stereocenters. The summed E-state index contributed by atoms with van der Waals surface area (Å²) in [6.07, 6.45) is -1.10. The van der Waals surface area contributed by atoms with Gasteiger partial charge in [0.05, 0.1) is 0 Å². The molecule has 84 valence electrons. The van der Waals surface area contributed by atoms with Crippen LogP contribution in [-0.2, 0) is 0 Å². The lowest BCUT2D eigenvalue weighted by Crippen LogP contribution is -2.05. The first-order chi connectivity index (χ1) is 7.58. The Morgan fingerprint density at radius 3 is 2.31 bits per heavy atom. The largest absolute Gasteiger partial charge is 0.493 e. The highest BCUT2D eigenvalue weighted by molar-refractivity contribution is 6.30. The number of halogens is 1. The highest BCUT2D eigenvalue weighted by atomic mass is 35.5. The van der Waals surface area contributed by atoms with E-state index in [1.807, 2.05) is 0 Å². The van der Waals surface area contributed by atoms with Crippen LogP contribution in [0.2, 0.25) is 5.02 Å². The van der Waals surface area contributed by atoms with E-state index in [-0.39, 0.29) is 11.6 Å². The van der Waals surface area contributed by atoms with Crippen molar-refractivity contribution in [1.29, 1.82) is 0 Å². The number of aromatic amines is 2. The molecule has 5 nitrogen and oxygen atoms in total. The Balaban J connectivity index is 2.38. The highest BCUT2D eigenvalue weighted by Gasteiger charge is 2.17. The minimum absolute atomic E-state index is 0.0346. The van der Waals surface area contributed by atoms with Gasteiger partial charge in [-0.05, 0) is 17.7 Å². The van der Waals surface area contributed by atoms with Gasteiger partial charge in [-0.15, -0.1) is 0 Å². The fourth-order valence-electron chi connectivity index (χ4n) is 1.40. The molecule has 0 bridgehead atoms. The van der Waals surface area contributed by atoms with Gasteiger partial charge < -0.3 is 15.2 Å². The number of nitrogens with one attached hydrogen (secondary N) is 2. The molecule has 2 rings (SSSR count). The molecular formula is C10H9ClN2O3. The first kappa shape index (κ1) is 10.8. The van der Waals surface area contributed by atoms with Crippen LogP contribution in [0.25, 0.3) is 0 Å². The smallest absolute Gasteiger partial charge is 0.326 e. The number of hydrogen-bond acceptors (Lipinski definition) is 3. The highest BCUT2D eigenvalue weighted by Crippen LogP contribution is 2.25. The molecular weight excluding hydrogens is 232 g/mol. The van der Waals surface area contributed by atoms with E-state index < -0.39 is 11.8 Å². The van der Waals surface area contributed by atoms with Crippen molar-refractivity contribution in [3.8, 4) is 5.88 Å². The lowest BCUT2D eigenvalue weighted by atomic mass is 10.1. The molecule has 16 heavy (non-hydrogen) atoms. The molecule has 0 aliphatic rings. The van der Waals surface area contributed by atoms with E-state index >= 15 is 0 Å². The number of aromatic hydroxyl groups is 1. The second kappa shape index (κ2) is 4.03. The van der Waals surface area contributed by atoms with Crippen molar-refractivity contribution in [3.05, 3.63) is 51.0 Å². The van der Waals surface area contributed by atoms with Gasteiger partial charge in [0.1, 0.15) is 11.8 Å². The number of aromatic nitrogens is 2. The van der Waals surface area contributed by atoms with E-state index in [2.05, 4.69) is 9.97 Å². The normalized spacial score (nSPS) is 12.6. The molecule has 1 aromatic heterocycles. The van der Waals surface area contributed by atoms with Crippen molar-refractivity contribution in [3.63, 3.8) is 0 Å². The molecule has 1 heterocycles. The van der Waals surface area contributed by atoms with Gasteiger partial charge in [-0.25, -0.2) is 4.79 Å². The first-order valence-corrected chi connectivity index (χ1v) is 4.90. The molecule has 0 aliphatic carbocycles. The Kier molecular flexibility index (Phi) is 2.72. The van der Waals surface area contributed by atoms with Gasteiger partial charge in [0.2, 0.25) is 5.88 Å². The SMILES string of the molecule is O=c1[nH]c(O)c(C(O)c2ccc(Cl)cc2)[nH]1. The van der Waals surface area contributed by atoms with Gasteiger partial charge in [-0.2, -0.15) is 0 Å². The summed E-state index contributed by atoms with van der Waals surface area (Å²) >= 11 is 5.70. The van der Waals surface area contributed by atoms with E-state index in [9.17, 15) is 15.0 Å². The molecule has 0 saturated carbocycles. The van der Waals surface area contributed by atoms with Gasteiger partial charge in [0, 0.05) is 5.02 Å². The summed E-state index contributed by atoms with van der Waals surface area (Å²) in [5.74, 6) is -0.368. The van der Waals surface area contributed by atoms with Gasteiger partial charge >= 0.3 is 5.69 Å². The van der Waals surface area contributed by atoms with Crippen molar-refractivity contribution in [1.82, 2.24) is 9.97 Å². The number of hydrogen-bond donors (Lipinski definition) is 4. The summed E-state index contributed by atoms with van der Waals surface area (Å²) < 4.78 is 0. The van der Waals surface area contributed by atoms with Gasteiger partial charge in [-0.1, -0.05) is 23.7 Å². The molecule has 0 radical (unpaired) electrons. The van der Waals surface area contributed by atoms with Crippen molar-refractivity contribution < 1.29 is 10.2 Å². The predicted molar refractivity (Wildman–Crippen MR) is 58.6 cm³/mol. The van der Waals surface area contributed by atoms with Gasteiger partial charge in [-0.3, -0.25) is 4.98 Å². The fraction of sp³-hybridized carbons (Fsp3) is 0.100. The molecule has 0 saturated heterocycles. The summed E-state index contributed by atoms with van der Waals surface area (Å²) in [6.45, 7) is 0. The number of aliphatic hydroxyl groups excluding tert-OH is 1. The van der Waals surface area contributed by atoms with Crippen molar-refractivity contribution in [2.45, 2.75) is 6.10 Å². The van der Waals surface area contributed by atoms with Crippen LogP contribution < -0.4 is 5.69 Å². The third-order valence-corrected chi connectivity index (χ3v) is 2.45. The van der Waals surface area contributed by atoms with Crippen LogP contribution in [-0.4, -0.2) is 20.2 Å². The maximum absolute atomic E-state index is 10.9. The Bertz CT molecular complexity index is 544. The average Bonchev–Trinajstić information content (AvgIpc) is 2.58. The van der Waals surface area contributed by atoms with Gasteiger partial charge in [0.15, 0.2) is 0 Å². The van der Waals surface area contributed by atoms with Crippen molar-refractivity contribution in [2.24, 2.45) is 0 Å². The number of aliphatic hydroxyl groups is 1. The molecule has 0 spiro atoms. The third-order valence-electron chi connectivity index (χ3n) is 2.19. The molecule has 0 amide bonds. The zero-order chi connectivity index (χ0) is 11.7. The minimum atomic E-state index is -1.10. The Morgan fingerprint density at radius 1 is 1.19 bits per heavy atom. The van der Waals surface area contributed by atoms with E-state index in [0.717, 1.165) is 0 Å². The lowest BCUT2D eigenvalue weighted by molar-refractivity contribution is 0.210. The van der Waals surface area contributed by atoms with Crippen LogP contribution in [0, 0.1) is 0 Å². The second-order valence-corrected chi connectivity index (χ2v) is 3.73. The maximum Gasteiger partial charge on any atom is 0.326 e. The Morgan fingerprint density at radius 2 is 1.81 bits per heavy atom. The van der Waals surface area contributed by atoms with E-state index in [4.69, 9.17) is 11.6 Å². The number of imidazole rings is 1. The van der Waals surface area contributed by atoms with Crippen LogP contribution >= 0.6 is 11.6 Å². The summed E-state index contributed by atoms with van der Waals surface area (Å²) in [5.41, 5.74) is -0.0113. The average molecular weight is 241 g/mol. The topological polar surface area (TPSA) is 89.1 Å². The minimum Gasteiger partial charge on any atom is -0.493 e. The zero-order valence-corrected chi connectivity index (χ0v) is 8.82. The molecule has 1 aromatic carbocycles. The quantitative estimate of drug-likeness (QED) is 0.635. The number of H-pyrrole nitrogens is 2. The second-order valence-electron chi connectivity index (χ2n) is 3.30. The molecule has 6 heteroatoms. The summed E-state index contributed by atoms with van der Waals surface area (Å²) in [6, 6.07) is 6.44. The molecule has 0 fully saturated rings. The number of benzene rings is 1. The van der Waals surface area contributed by atoms with Crippen LogP contribution in [0.4, 0.5) is 0 Å². The monoisotopic (exact) mass is 240 g/mol. The summed E-state index contributed by atoms with van der Waals surface area (Å²) in [7, 11) is 0. The fourth-order valence-corrected chi connectivity index (χ4v) is 1.52. The van der Waals surface area contributed by atoms with Crippen LogP contribution in [0.1, 0.15) is 17.4 Å². The van der Waals surface area contributed by atoms with E-state index in [1.165, 1.54) is 0 Å². The molecule has 4 N–H and O–H groups in total. The van der Waals surface area contributed by atoms with Crippen LogP contribution in [0.15, 0.2) is 29.1 Å². The lowest BCUT2D eigenvalue weighted by Gasteiger charge is -2.08. The van der Waals surface area contributed by atoms with Crippen LogP contribution in [0.5, 0.6) is 5.88 Å². The summed E-state index contributed by atoms with van der Waals surface area (Å²) in [4.78, 5) is 15.3. The van der Waals surface area contributed by atoms with Crippen molar-refractivity contribution in [2.75, 3.05) is 0 Å². The Hall–Kier alpha value is -1.72. The Labute approximate surface area is 95.3 Å². The first-order valence-electron chi connectivity index (χ1n) is 4.52. The van der Waals surface area contributed by atoms with E-state index in [1.54, 1.807) is 24.3 Å². The van der Waals surface area contributed by atoms with E-state index in [0.29, 0.717) is 10.6 Å². The zero-order valence-electron chi connectivity index (χ0n) is 8.07. The summed E-state index contributed by atoms with van der Waals surface area (Å²) in [5, 5.41) is 19.8. The van der Waals surface area contributed by atoms with Crippen molar-refractivity contribution >= 4 is 11.6 Å². The molecule has 1 atom stereocenters. The standard InChI is InChI=1S/C10H9ClN2O3/c11-6-3-1-5(2-4-6)8(14)7-9(15)13-10(16)12-7/h1-4,8,14-15H,(H2,12,13,16).